The summed E-state index contributed by atoms with van der Waals surface area (Å²) in [5.74, 6) is 0.217. The zero-order chi connectivity index (χ0) is 26.7. The molecule has 0 bridgehead atoms. The fraction of sp³-hybridized carbons (Fsp3) is 0.310. The van der Waals surface area contributed by atoms with Crippen LogP contribution in [-0.2, 0) is 21.1 Å². The number of hydrogen-bond acceptors (Lipinski definition) is 6. The number of rotatable bonds is 8. The summed E-state index contributed by atoms with van der Waals surface area (Å²) in [4.78, 5) is 11.6. The standard InChI is InChI=1S/C29H31FN4O3S/c1-3-26(38(2,35)36)34-28(22-12-14-31-15-13-22)27(21-8-10-24(30)11-9-21)32-29(34)25-7-5-4-6-23(25)20-33-16-18-37-19-17-33/h4-15,26H,3,16-20H2,1-2H3. The second-order valence-corrected chi connectivity index (χ2v) is 11.7. The second-order valence-electron chi connectivity index (χ2n) is 9.48. The van der Waals surface area contributed by atoms with Gasteiger partial charge < -0.3 is 9.30 Å². The van der Waals surface area contributed by atoms with Crippen molar-refractivity contribution in [2.24, 2.45) is 0 Å². The van der Waals surface area contributed by atoms with Gasteiger partial charge in [0.05, 0.1) is 24.6 Å². The highest BCUT2D eigenvalue weighted by Gasteiger charge is 2.31. The van der Waals surface area contributed by atoms with Crippen molar-refractivity contribution in [1.82, 2.24) is 19.4 Å². The topological polar surface area (TPSA) is 77.3 Å². The first-order chi connectivity index (χ1) is 18.4. The minimum absolute atomic E-state index is 0.350. The Morgan fingerprint density at radius 2 is 1.66 bits per heavy atom. The molecule has 1 unspecified atom stereocenters. The fourth-order valence-corrected chi connectivity index (χ4v) is 6.24. The molecule has 0 N–H and O–H groups in total. The lowest BCUT2D eigenvalue weighted by Crippen LogP contribution is -2.35. The normalized spacial score (nSPS) is 15.4. The predicted molar refractivity (Wildman–Crippen MR) is 147 cm³/mol. The predicted octanol–water partition coefficient (Wildman–Crippen LogP) is 5.20. The smallest absolute Gasteiger partial charge is 0.168 e. The average molecular weight is 535 g/mol. The first-order valence-electron chi connectivity index (χ1n) is 12.7. The van der Waals surface area contributed by atoms with Crippen LogP contribution >= 0.6 is 0 Å². The van der Waals surface area contributed by atoms with Crippen LogP contribution in [0.1, 0.15) is 24.3 Å². The quantitative estimate of drug-likeness (QED) is 0.309. The molecular formula is C29H31FN4O3S. The highest BCUT2D eigenvalue weighted by molar-refractivity contribution is 7.90. The van der Waals surface area contributed by atoms with Crippen LogP contribution in [0.4, 0.5) is 4.39 Å². The van der Waals surface area contributed by atoms with Crippen LogP contribution in [0.5, 0.6) is 0 Å². The summed E-state index contributed by atoms with van der Waals surface area (Å²) in [5, 5.41) is -0.848. The van der Waals surface area contributed by atoms with Crippen molar-refractivity contribution in [1.29, 1.82) is 0 Å². The summed E-state index contributed by atoms with van der Waals surface area (Å²) in [5.41, 5.74) is 4.65. The van der Waals surface area contributed by atoms with Crippen LogP contribution in [-0.4, -0.2) is 60.4 Å². The van der Waals surface area contributed by atoms with Gasteiger partial charge in [0.25, 0.3) is 0 Å². The number of benzene rings is 2. The molecule has 2 aromatic carbocycles. The fourth-order valence-electron chi connectivity index (χ4n) is 5.05. The summed E-state index contributed by atoms with van der Waals surface area (Å²) in [6.45, 7) is 5.58. The molecule has 0 aliphatic carbocycles. The Kier molecular flexibility index (Phi) is 7.69. The number of morpholine rings is 1. The molecule has 5 rings (SSSR count). The number of halogens is 1. The molecule has 0 saturated carbocycles. The van der Waals surface area contributed by atoms with Crippen molar-refractivity contribution >= 4 is 9.84 Å². The lowest BCUT2D eigenvalue weighted by atomic mass is 10.1. The van der Waals surface area contributed by atoms with Crippen LogP contribution < -0.4 is 0 Å². The zero-order valence-electron chi connectivity index (χ0n) is 21.5. The highest BCUT2D eigenvalue weighted by Crippen LogP contribution is 2.41. The first kappa shape index (κ1) is 26.2. The second kappa shape index (κ2) is 11.1. The molecule has 3 heterocycles. The van der Waals surface area contributed by atoms with Crippen molar-refractivity contribution in [3.63, 3.8) is 0 Å². The lowest BCUT2D eigenvalue weighted by Gasteiger charge is -2.28. The van der Waals surface area contributed by atoms with Crippen LogP contribution in [0.2, 0.25) is 0 Å². The largest absolute Gasteiger partial charge is 0.379 e. The van der Waals surface area contributed by atoms with Gasteiger partial charge in [-0.05, 0) is 48.4 Å². The molecule has 9 heteroatoms. The van der Waals surface area contributed by atoms with Gasteiger partial charge in [-0.1, -0.05) is 31.2 Å². The van der Waals surface area contributed by atoms with Crippen molar-refractivity contribution in [3.8, 4) is 33.9 Å². The van der Waals surface area contributed by atoms with Gasteiger partial charge in [0, 0.05) is 55.0 Å². The third kappa shape index (κ3) is 5.41. The Morgan fingerprint density at radius 3 is 2.32 bits per heavy atom. The van der Waals surface area contributed by atoms with Gasteiger partial charge in [0.1, 0.15) is 17.0 Å². The molecule has 0 radical (unpaired) electrons. The average Bonchev–Trinajstić information content (AvgIpc) is 3.30. The summed E-state index contributed by atoms with van der Waals surface area (Å²) in [7, 11) is -3.52. The number of sulfone groups is 1. The van der Waals surface area contributed by atoms with Gasteiger partial charge in [-0.25, -0.2) is 17.8 Å². The van der Waals surface area contributed by atoms with E-state index in [1.54, 1.807) is 24.5 Å². The molecule has 1 aliphatic rings. The summed E-state index contributed by atoms with van der Waals surface area (Å²) < 4.78 is 47.6. The Morgan fingerprint density at radius 1 is 0.974 bits per heavy atom. The monoisotopic (exact) mass is 534 g/mol. The number of nitrogens with zero attached hydrogens (tertiary/aromatic N) is 4. The summed E-state index contributed by atoms with van der Waals surface area (Å²) in [6, 6.07) is 17.8. The molecular weight excluding hydrogens is 503 g/mol. The third-order valence-electron chi connectivity index (χ3n) is 6.87. The third-order valence-corrected chi connectivity index (χ3v) is 8.40. The Balaban J connectivity index is 1.80. The summed E-state index contributed by atoms with van der Waals surface area (Å²) >= 11 is 0. The lowest BCUT2D eigenvalue weighted by molar-refractivity contribution is 0.0342. The van der Waals surface area contributed by atoms with E-state index in [0.29, 0.717) is 49.0 Å². The van der Waals surface area contributed by atoms with E-state index in [1.165, 1.54) is 18.4 Å². The molecule has 198 valence electrons. The van der Waals surface area contributed by atoms with Crippen LogP contribution in [0.25, 0.3) is 33.9 Å². The molecule has 2 aromatic heterocycles. The number of pyridine rings is 1. The van der Waals surface area contributed by atoms with Gasteiger partial charge in [-0.2, -0.15) is 0 Å². The van der Waals surface area contributed by atoms with Crippen molar-refractivity contribution in [2.75, 3.05) is 32.6 Å². The minimum atomic E-state index is -3.52. The molecule has 7 nitrogen and oxygen atoms in total. The Hall–Kier alpha value is -3.40. The van der Waals surface area contributed by atoms with E-state index in [1.807, 2.05) is 41.8 Å². The van der Waals surface area contributed by atoms with E-state index in [-0.39, 0.29) is 5.82 Å². The van der Waals surface area contributed by atoms with Gasteiger partial charge in [0.15, 0.2) is 9.84 Å². The minimum Gasteiger partial charge on any atom is -0.379 e. The van der Waals surface area contributed by atoms with E-state index in [2.05, 4.69) is 16.0 Å². The van der Waals surface area contributed by atoms with E-state index < -0.39 is 15.2 Å². The van der Waals surface area contributed by atoms with Gasteiger partial charge in [-0.15, -0.1) is 0 Å². The molecule has 1 saturated heterocycles. The maximum Gasteiger partial charge on any atom is 0.168 e. The Bertz CT molecular complexity index is 1500. The molecule has 1 atom stereocenters. The van der Waals surface area contributed by atoms with Crippen LogP contribution in [0.15, 0.2) is 73.1 Å². The summed E-state index contributed by atoms with van der Waals surface area (Å²) in [6.07, 6.45) is 4.97. The molecule has 0 amide bonds. The molecule has 4 aromatic rings. The zero-order valence-corrected chi connectivity index (χ0v) is 22.4. The first-order valence-corrected chi connectivity index (χ1v) is 14.7. The van der Waals surface area contributed by atoms with Crippen molar-refractivity contribution in [3.05, 3.63) is 84.4 Å². The molecule has 1 aliphatic heterocycles. The highest BCUT2D eigenvalue weighted by atomic mass is 32.2. The molecule has 0 spiro atoms. The van der Waals surface area contributed by atoms with Gasteiger partial charge in [-0.3, -0.25) is 9.88 Å². The van der Waals surface area contributed by atoms with E-state index in [9.17, 15) is 12.8 Å². The SMILES string of the molecule is CCC(n1c(-c2ccccc2CN2CCOCC2)nc(-c2ccc(F)cc2)c1-c1ccncc1)S(C)(=O)=O. The number of hydrogen-bond donors (Lipinski definition) is 0. The number of imidazole rings is 1. The number of ether oxygens (including phenoxy) is 1. The number of aromatic nitrogens is 3. The van der Waals surface area contributed by atoms with E-state index in [4.69, 9.17) is 9.72 Å². The Labute approximate surface area is 222 Å². The van der Waals surface area contributed by atoms with E-state index >= 15 is 0 Å². The van der Waals surface area contributed by atoms with Gasteiger partial charge >= 0.3 is 0 Å². The van der Waals surface area contributed by atoms with Crippen molar-refractivity contribution < 1.29 is 17.5 Å². The van der Waals surface area contributed by atoms with Gasteiger partial charge in [0.2, 0.25) is 0 Å². The van der Waals surface area contributed by atoms with Crippen molar-refractivity contribution in [2.45, 2.75) is 25.3 Å². The van der Waals surface area contributed by atoms with E-state index in [0.717, 1.165) is 29.8 Å². The maximum absolute atomic E-state index is 13.9. The molecule has 38 heavy (non-hydrogen) atoms. The van der Waals surface area contributed by atoms with Crippen LogP contribution in [0.3, 0.4) is 0 Å². The maximum atomic E-state index is 13.9. The van der Waals surface area contributed by atoms with Crippen LogP contribution in [0, 0.1) is 5.82 Å². The molecule has 1 fully saturated rings.